The molecule has 0 aliphatic rings. The van der Waals surface area contributed by atoms with Crippen LogP contribution in [0.4, 0.5) is 5.69 Å². The summed E-state index contributed by atoms with van der Waals surface area (Å²) in [5, 5.41) is 0.716. The zero-order chi connectivity index (χ0) is 13.0. The van der Waals surface area contributed by atoms with Gasteiger partial charge in [0.15, 0.2) is 0 Å². The van der Waals surface area contributed by atoms with Gasteiger partial charge >= 0.3 is 0 Å². The summed E-state index contributed by atoms with van der Waals surface area (Å²) < 4.78 is 5.36. The van der Waals surface area contributed by atoms with Gasteiger partial charge in [0.25, 0.3) is 0 Å². The molecule has 1 aromatic carbocycles. The van der Waals surface area contributed by atoms with Crippen molar-refractivity contribution in [1.29, 1.82) is 0 Å². The second-order valence-corrected chi connectivity index (χ2v) is 4.60. The van der Waals surface area contributed by atoms with E-state index in [9.17, 15) is 0 Å². The summed E-state index contributed by atoms with van der Waals surface area (Å²) in [6, 6.07) is 9.48. The van der Waals surface area contributed by atoms with Gasteiger partial charge in [-0.25, -0.2) is 0 Å². The van der Waals surface area contributed by atoms with E-state index in [0.29, 0.717) is 5.02 Å². The molecule has 0 aliphatic carbocycles. The molecule has 0 amide bonds. The standard InChI is InChI=1S/C14H17ClN2O/c1-2-17(9-11-5-4-8-18-11)10-12-13(15)6-3-7-14(12)16/h3-8H,2,9-10,16H2,1H3. The van der Waals surface area contributed by atoms with Gasteiger partial charge in [-0.05, 0) is 30.8 Å². The molecule has 0 unspecified atom stereocenters. The predicted octanol–water partition coefficient (Wildman–Crippen LogP) is 3.54. The zero-order valence-electron chi connectivity index (χ0n) is 10.4. The van der Waals surface area contributed by atoms with E-state index in [0.717, 1.165) is 36.6 Å². The monoisotopic (exact) mass is 264 g/mol. The summed E-state index contributed by atoms with van der Waals surface area (Å²) >= 11 is 6.18. The van der Waals surface area contributed by atoms with E-state index in [2.05, 4.69) is 11.8 Å². The molecule has 96 valence electrons. The summed E-state index contributed by atoms with van der Waals surface area (Å²) in [4.78, 5) is 2.23. The number of nitrogen functional groups attached to an aromatic ring is 1. The van der Waals surface area contributed by atoms with Crippen LogP contribution in [0.15, 0.2) is 41.0 Å². The highest BCUT2D eigenvalue weighted by Gasteiger charge is 2.11. The number of hydrogen-bond acceptors (Lipinski definition) is 3. The van der Waals surface area contributed by atoms with Crippen LogP contribution in [0.25, 0.3) is 0 Å². The fraction of sp³-hybridized carbons (Fsp3) is 0.286. The Balaban J connectivity index is 2.10. The van der Waals surface area contributed by atoms with Gasteiger partial charge in [-0.1, -0.05) is 24.6 Å². The Kier molecular flexibility index (Phi) is 4.28. The minimum atomic E-state index is 0.716. The van der Waals surface area contributed by atoms with Gasteiger partial charge in [-0.3, -0.25) is 4.90 Å². The van der Waals surface area contributed by atoms with E-state index in [1.807, 2.05) is 30.3 Å². The molecule has 2 N–H and O–H groups in total. The molecule has 0 aliphatic heterocycles. The molecule has 0 fully saturated rings. The van der Waals surface area contributed by atoms with Crippen LogP contribution in [0.1, 0.15) is 18.2 Å². The number of furan rings is 1. The number of hydrogen-bond donors (Lipinski definition) is 1. The normalized spacial score (nSPS) is 11.1. The summed E-state index contributed by atoms with van der Waals surface area (Å²) in [7, 11) is 0. The molecular weight excluding hydrogens is 248 g/mol. The second kappa shape index (κ2) is 5.94. The van der Waals surface area contributed by atoms with Gasteiger partial charge in [0.05, 0.1) is 12.8 Å². The fourth-order valence-electron chi connectivity index (χ4n) is 1.87. The third-order valence-electron chi connectivity index (χ3n) is 2.94. The average Bonchev–Trinajstić information content (AvgIpc) is 2.85. The van der Waals surface area contributed by atoms with Crippen molar-refractivity contribution in [3.8, 4) is 0 Å². The Hall–Kier alpha value is -1.45. The number of benzene rings is 1. The maximum Gasteiger partial charge on any atom is 0.117 e. The average molecular weight is 265 g/mol. The first-order chi connectivity index (χ1) is 8.70. The van der Waals surface area contributed by atoms with Crippen molar-refractivity contribution < 1.29 is 4.42 Å². The Morgan fingerprint density at radius 2 is 2.06 bits per heavy atom. The van der Waals surface area contributed by atoms with Crippen LogP contribution in [0.5, 0.6) is 0 Å². The van der Waals surface area contributed by atoms with Crippen molar-refractivity contribution in [2.75, 3.05) is 12.3 Å². The molecule has 1 aromatic heterocycles. The van der Waals surface area contributed by atoms with Crippen LogP contribution in [-0.4, -0.2) is 11.4 Å². The Labute approximate surface area is 112 Å². The van der Waals surface area contributed by atoms with Crippen molar-refractivity contribution >= 4 is 17.3 Å². The highest BCUT2D eigenvalue weighted by molar-refractivity contribution is 6.31. The highest BCUT2D eigenvalue weighted by Crippen LogP contribution is 2.24. The molecule has 0 atom stereocenters. The topological polar surface area (TPSA) is 42.4 Å². The molecule has 0 bridgehead atoms. The molecule has 4 heteroatoms. The SMILES string of the molecule is CCN(Cc1ccco1)Cc1c(N)cccc1Cl. The maximum atomic E-state index is 6.18. The van der Waals surface area contributed by atoms with Crippen molar-refractivity contribution in [1.82, 2.24) is 4.90 Å². The lowest BCUT2D eigenvalue weighted by Gasteiger charge is -2.20. The van der Waals surface area contributed by atoms with E-state index in [1.165, 1.54) is 0 Å². The lowest BCUT2D eigenvalue weighted by atomic mass is 10.1. The number of nitrogens with zero attached hydrogens (tertiary/aromatic N) is 1. The number of nitrogens with two attached hydrogens (primary N) is 1. The first-order valence-electron chi connectivity index (χ1n) is 5.98. The summed E-state index contributed by atoms with van der Waals surface area (Å²) in [6.07, 6.45) is 1.69. The van der Waals surface area contributed by atoms with Gasteiger partial charge in [0, 0.05) is 22.8 Å². The number of halogens is 1. The van der Waals surface area contributed by atoms with E-state index in [4.69, 9.17) is 21.8 Å². The lowest BCUT2D eigenvalue weighted by molar-refractivity contribution is 0.248. The van der Waals surface area contributed by atoms with Crippen molar-refractivity contribution in [2.24, 2.45) is 0 Å². The molecule has 3 nitrogen and oxygen atoms in total. The van der Waals surface area contributed by atoms with E-state index < -0.39 is 0 Å². The maximum absolute atomic E-state index is 6.18. The van der Waals surface area contributed by atoms with Crippen LogP contribution in [-0.2, 0) is 13.1 Å². The molecule has 0 saturated heterocycles. The fourth-order valence-corrected chi connectivity index (χ4v) is 2.11. The molecule has 2 aromatic rings. The van der Waals surface area contributed by atoms with Gasteiger partial charge in [-0.2, -0.15) is 0 Å². The van der Waals surface area contributed by atoms with Crippen LogP contribution in [0, 0.1) is 0 Å². The molecule has 0 radical (unpaired) electrons. The lowest BCUT2D eigenvalue weighted by Crippen LogP contribution is -2.22. The first-order valence-corrected chi connectivity index (χ1v) is 6.36. The Bertz CT molecular complexity index is 476. The van der Waals surface area contributed by atoms with Crippen LogP contribution >= 0.6 is 11.6 Å². The first kappa shape index (κ1) is 13.0. The quantitative estimate of drug-likeness (QED) is 0.840. The Morgan fingerprint density at radius 3 is 2.67 bits per heavy atom. The number of rotatable bonds is 5. The van der Waals surface area contributed by atoms with E-state index in [1.54, 1.807) is 6.26 Å². The zero-order valence-corrected chi connectivity index (χ0v) is 11.2. The number of anilines is 1. The van der Waals surface area contributed by atoms with E-state index in [-0.39, 0.29) is 0 Å². The van der Waals surface area contributed by atoms with Gasteiger partial charge in [0.2, 0.25) is 0 Å². The summed E-state index contributed by atoms with van der Waals surface area (Å²) in [5.74, 6) is 0.947. The second-order valence-electron chi connectivity index (χ2n) is 4.19. The Morgan fingerprint density at radius 1 is 1.22 bits per heavy atom. The molecule has 0 saturated carbocycles. The van der Waals surface area contributed by atoms with Gasteiger partial charge in [-0.15, -0.1) is 0 Å². The van der Waals surface area contributed by atoms with Crippen LogP contribution in [0.2, 0.25) is 5.02 Å². The third-order valence-corrected chi connectivity index (χ3v) is 3.30. The summed E-state index contributed by atoms with van der Waals surface area (Å²) in [5.41, 5.74) is 7.68. The van der Waals surface area contributed by atoms with Crippen molar-refractivity contribution in [3.63, 3.8) is 0 Å². The largest absolute Gasteiger partial charge is 0.468 e. The molecule has 2 rings (SSSR count). The van der Waals surface area contributed by atoms with E-state index >= 15 is 0 Å². The molecule has 1 heterocycles. The highest BCUT2D eigenvalue weighted by atomic mass is 35.5. The van der Waals surface area contributed by atoms with Gasteiger partial charge < -0.3 is 10.2 Å². The van der Waals surface area contributed by atoms with Crippen molar-refractivity contribution in [2.45, 2.75) is 20.0 Å². The van der Waals surface area contributed by atoms with Crippen molar-refractivity contribution in [3.05, 3.63) is 52.9 Å². The minimum Gasteiger partial charge on any atom is -0.468 e. The van der Waals surface area contributed by atoms with Crippen LogP contribution in [0.3, 0.4) is 0 Å². The predicted molar refractivity (Wildman–Crippen MR) is 74.4 cm³/mol. The van der Waals surface area contributed by atoms with Crippen LogP contribution < -0.4 is 5.73 Å². The molecule has 18 heavy (non-hydrogen) atoms. The minimum absolute atomic E-state index is 0.716. The smallest absolute Gasteiger partial charge is 0.117 e. The third kappa shape index (κ3) is 3.06. The molecular formula is C14H17ClN2O. The molecule has 0 spiro atoms. The van der Waals surface area contributed by atoms with Gasteiger partial charge in [0.1, 0.15) is 5.76 Å². The summed E-state index contributed by atoms with van der Waals surface area (Å²) in [6.45, 7) is 4.50.